The molecule has 2 rings (SSSR count). The highest BCUT2D eigenvalue weighted by atomic mass is 14.1. The predicted octanol–water partition coefficient (Wildman–Crippen LogP) is 4.46. The van der Waals surface area contributed by atoms with E-state index in [0.29, 0.717) is 5.92 Å². The second kappa shape index (κ2) is 4.52. The fraction of sp³-hybridized carbons (Fsp3) is 0.250. The molecule has 82 valence electrons. The molecule has 0 aromatic heterocycles. The third-order valence-corrected chi connectivity index (χ3v) is 3.19. The molecule has 0 aliphatic rings. The summed E-state index contributed by atoms with van der Waals surface area (Å²) in [5.41, 5.74) is 5.53. The van der Waals surface area contributed by atoms with Crippen LogP contribution in [0.1, 0.15) is 35.1 Å². The third-order valence-electron chi connectivity index (χ3n) is 3.19. The van der Waals surface area contributed by atoms with E-state index in [1.54, 1.807) is 0 Å². The Hall–Kier alpha value is -1.56. The first kappa shape index (κ1) is 10.9. The van der Waals surface area contributed by atoms with Gasteiger partial charge in [-0.15, -0.1) is 0 Å². The van der Waals surface area contributed by atoms with Gasteiger partial charge >= 0.3 is 0 Å². The van der Waals surface area contributed by atoms with Crippen LogP contribution in [0.25, 0.3) is 0 Å². The van der Waals surface area contributed by atoms with Gasteiger partial charge in [0.05, 0.1) is 0 Å². The molecule has 0 fully saturated rings. The highest BCUT2D eigenvalue weighted by Crippen LogP contribution is 2.26. The number of hydrogen-bond donors (Lipinski definition) is 0. The van der Waals surface area contributed by atoms with Gasteiger partial charge in [0.15, 0.2) is 0 Å². The van der Waals surface area contributed by atoms with E-state index < -0.39 is 0 Å². The summed E-state index contributed by atoms with van der Waals surface area (Å²) in [7, 11) is 0. The highest BCUT2D eigenvalue weighted by Gasteiger charge is 2.09. The average molecular weight is 210 g/mol. The molecule has 0 heteroatoms. The van der Waals surface area contributed by atoms with Crippen LogP contribution in [-0.2, 0) is 0 Å². The summed E-state index contributed by atoms with van der Waals surface area (Å²) in [6.07, 6.45) is 0. The molecule has 1 atom stereocenters. The van der Waals surface area contributed by atoms with Crippen molar-refractivity contribution in [3.05, 3.63) is 70.8 Å². The Labute approximate surface area is 97.9 Å². The number of benzene rings is 2. The minimum Gasteiger partial charge on any atom is -0.0622 e. The van der Waals surface area contributed by atoms with Crippen molar-refractivity contribution in [2.75, 3.05) is 0 Å². The van der Waals surface area contributed by atoms with E-state index in [0.717, 1.165) is 0 Å². The first-order valence-corrected chi connectivity index (χ1v) is 5.80. The molecule has 16 heavy (non-hydrogen) atoms. The monoisotopic (exact) mass is 210 g/mol. The van der Waals surface area contributed by atoms with Crippen LogP contribution < -0.4 is 0 Å². The van der Waals surface area contributed by atoms with E-state index >= 15 is 0 Å². The van der Waals surface area contributed by atoms with Gasteiger partial charge in [0, 0.05) is 5.92 Å². The summed E-state index contributed by atoms with van der Waals surface area (Å²) in [5.74, 6) is 0.474. The van der Waals surface area contributed by atoms with E-state index in [9.17, 15) is 0 Å². The van der Waals surface area contributed by atoms with Crippen molar-refractivity contribution in [2.45, 2.75) is 26.7 Å². The van der Waals surface area contributed by atoms with Gasteiger partial charge < -0.3 is 0 Å². The van der Waals surface area contributed by atoms with Crippen molar-refractivity contribution in [1.29, 1.82) is 0 Å². The Morgan fingerprint density at radius 1 is 0.875 bits per heavy atom. The quantitative estimate of drug-likeness (QED) is 0.686. The Morgan fingerprint density at radius 3 is 2.19 bits per heavy atom. The van der Waals surface area contributed by atoms with E-state index in [4.69, 9.17) is 0 Å². The summed E-state index contributed by atoms with van der Waals surface area (Å²) < 4.78 is 0. The summed E-state index contributed by atoms with van der Waals surface area (Å²) in [5, 5.41) is 0. The normalized spacial score (nSPS) is 12.4. The Morgan fingerprint density at radius 2 is 1.56 bits per heavy atom. The summed E-state index contributed by atoms with van der Waals surface area (Å²) in [6, 6.07) is 17.4. The van der Waals surface area contributed by atoms with Crippen LogP contribution in [0.4, 0.5) is 0 Å². The first-order valence-electron chi connectivity index (χ1n) is 5.80. The number of rotatable bonds is 2. The SMILES string of the molecule is Cc1ccc([C@@H](C)c2ccccc2)c(C)c1. The van der Waals surface area contributed by atoms with E-state index in [1.165, 1.54) is 22.3 Å². The van der Waals surface area contributed by atoms with Crippen LogP contribution in [-0.4, -0.2) is 0 Å². The maximum absolute atomic E-state index is 2.27. The van der Waals surface area contributed by atoms with Crippen LogP contribution in [0.15, 0.2) is 48.5 Å². The minimum atomic E-state index is 0.474. The molecule has 0 radical (unpaired) electrons. The Bertz CT molecular complexity index is 469. The molecule has 0 amide bonds. The maximum Gasteiger partial charge on any atom is 0.00636 e. The van der Waals surface area contributed by atoms with Gasteiger partial charge in [-0.1, -0.05) is 61.0 Å². The van der Waals surface area contributed by atoms with Gasteiger partial charge in [-0.2, -0.15) is 0 Å². The lowest BCUT2D eigenvalue weighted by Crippen LogP contribution is -1.98. The van der Waals surface area contributed by atoms with Crippen molar-refractivity contribution < 1.29 is 0 Å². The summed E-state index contributed by atoms with van der Waals surface area (Å²) >= 11 is 0. The lowest BCUT2D eigenvalue weighted by Gasteiger charge is -2.15. The lowest BCUT2D eigenvalue weighted by molar-refractivity contribution is 0.909. The van der Waals surface area contributed by atoms with Gasteiger partial charge in [0.1, 0.15) is 0 Å². The fourth-order valence-corrected chi connectivity index (χ4v) is 2.23. The zero-order chi connectivity index (χ0) is 11.5. The van der Waals surface area contributed by atoms with E-state index in [1.807, 2.05) is 0 Å². The van der Waals surface area contributed by atoms with Crippen molar-refractivity contribution in [3.8, 4) is 0 Å². The maximum atomic E-state index is 2.27. The van der Waals surface area contributed by atoms with Gasteiger partial charge in [0.25, 0.3) is 0 Å². The van der Waals surface area contributed by atoms with Crippen molar-refractivity contribution in [2.24, 2.45) is 0 Å². The molecule has 0 spiro atoms. The zero-order valence-corrected chi connectivity index (χ0v) is 10.2. The molecule has 0 heterocycles. The highest BCUT2D eigenvalue weighted by molar-refractivity contribution is 5.38. The van der Waals surface area contributed by atoms with Crippen LogP contribution >= 0.6 is 0 Å². The molecule has 0 saturated carbocycles. The van der Waals surface area contributed by atoms with Gasteiger partial charge in [-0.05, 0) is 30.5 Å². The molecular formula is C16H18. The fourth-order valence-electron chi connectivity index (χ4n) is 2.23. The Kier molecular flexibility index (Phi) is 3.09. The lowest BCUT2D eigenvalue weighted by atomic mass is 9.89. The smallest absolute Gasteiger partial charge is 0.00636 e. The topological polar surface area (TPSA) is 0 Å². The van der Waals surface area contributed by atoms with Crippen LogP contribution in [0, 0.1) is 13.8 Å². The second-order valence-corrected chi connectivity index (χ2v) is 4.49. The van der Waals surface area contributed by atoms with E-state index in [-0.39, 0.29) is 0 Å². The summed E-state index contributed by atoms with van der Waals surface area (Å²) in [6.45, 7) is 6.61. The molecule has 2 aromatic carbocycles. The average Bonchev–Trinajstić information content (AvgIpc) is 2.29. The van der Waals surface area contributed by atoms with Crippen LogP contribution in [0.3, 0.4) is 0 Å². The van der Waals surface area contributed by atoms with Crippen LogP contribution in [0.2, 0.25) is 0 Å². The van der Waals surface area contributed by atoms with Gasteiger partial charge in [0.2, 0.25) is 0 Å². The summed E-state index contributed by atoms with van der Waals surface area (Å²) in [4.78, 5) is 0. The van der Waals surface area contributed by atoms with Crippen molar-refractivity contribution in [3.63, 3.8) is 0 Å². The third kappa shape index (κ3) is 2.16. The van der Waals surface area contributed by atoms with Gasteiger partial charge in [-0.25, -0.2) is 0 Å². The Balaban J connectivity index is 2.38. The molecule has 0 unspecified atom stereocenters. The molecule has 0 nitrogen and oxygen atoms in total. The molecule has 0 N–H and O–H groups in total. The van der Waals surface area contributed by atoms with Crippen molar-refractivity contribution >= 4 is 0 Å². The number of hydrogen-bond acceptors (Lipinski definition) is 0. The van der Waals surface area contributed by atoms with Gasteiger partial charge in [-0.3, -0.25) is 0 Å². The molecule has 0 saturated heterocycles. The number of aryl methyl sites for hydroxylation is 2. The van der Waals surface area contributed by atoms with Crippen molar-refractivity contribution in [1.82, 2.24) is 0 Å². The first-order chi connectivity index (χ1) is 7.68. The largest absolute Gasteiger partial charge is 0.0622 e. The van der Waals surface area contributed by atoms with Crippen LogP contribution in [0.5, 0.6) is 0 Å². The molecular weight excluding hydrogens is 192 g/mol. The standard InChI is InChI=1S/C16H18/c1-12-9-10-16(13(2)11-12)14(3)15-7-5-4-6-8-15/h4-11,14H,1-3H3/t14-/m0/s1. The van der Waals surface area contributed by atoms with E-state index in [2.05, 4.69) is 69.3 Å². The second-order valence-electron chi connectivity index (χ2n) is 4.49. The molecule has 2 aromatic rings. The molecule has 0 aliphatic heterocycles. The molecule has 0 bridgehead atoms. The zero-order valence-electron chi connectivity index (χ0n) is 10.2. The predicted molar refractivity (Wildman–Crippen MR) is 69.9 cm³/mol. The minimum absolute atomic E-state index is 0.474. The molecule has 0 aliphatic carbocycles.